The van der Waals surface area contributed by atoms with Crippen molar-refractivity contribution in [3.8, 4) is 0 Å². The Morgan fingerprint density at radius 3 is 2.62 bits per heavy atom. The van der Waals surface area contributed by atoms with Crippen LogP contribution in [-0.2, 0) is 9.53 Å². The number of aliphatic hydroxyl groups excluding tert-OH is 1. The SMILES string of the molecule is C[C@@H]1C(=O)OC[C@H]1[C@H](CO)c1ccccc1. The fourth-order valence-corrected chi connectivity index (χ4v) is 2.28. The third-order valence-corrected chi connectivity index (χ3v) is 3.37. The minimum atomic E-state index is -0.153. The molecule has 16 heavy (non-hydrogen) atoms. The van der Waals surface area contributed by atoms with Crippen molar-refractivity contribution in [2.24, 2.45) is 11.8 Å². The zero-order valence-corrected chi connectivity index (χ0v) is 9.30. The van der Waals surface area contributed by atoms with E-state index in [2.05, 4.69) is 0 Å². The summed E-state index contributed by atoms with van der Waals surface area (Å²) in [7, 11) is 0. The van der Waals surface area contributed by atoms with Gasteiger partial charge in [-0.1, -0.05) is 37.3 Å². The van der Waals surface area contributed by atoms with Gasteiger partial charge < -0.3 is 9.84 Å². The first kappa shape index (κ1) is 11.1. The molecule has 2 rings (SSSR count). The maximum atomic E-state index is 11.3. The van der Waals surface area contributed by atoms with Crippen LogP contribution in [0.5, 0.6) is 0 Å². The Hall–Kier alpha value is -1.35. The van der Waals surface area contributed by atoms with Crippen molar-refractivity contribution in [3.63, 3.8) is 0 Å². The lowest BCUT2D eigenvalue weighted by Crippen LogP contribution is -2.23. The maximum absolute atomic E-state index is 11.3. The number of ether oxygens (including phenoxy) is 1. The van der Waals surface area contributed by atoms with Gasteiger partial charge in [0.2, 0.25) is 0 Å². The number of aliphatic hydroxyl groups is 1. The molecule has 0 bridgehead atoms. The second-order valence-corrected chi connectivity index (χ2v) is 4.28. The first-order valence-electron chi connectivity index (χ1n) is 5.56. The van der Waals surface area contributed by atoms with Crippen LogP contribution in [0.15, 0.2) is 30.3 Å². The average Bonchev–Trinajstić information content (AvgIpc) is 2.64. The predicted molar refractivity (Wildman–Crippen MR) is 59.9 cm³/mol. The second kappa shape index (κ2) is 4.66. The van der Waals surface area contributed by atoms with E-state index in [1.165, 1.54) is 0 Å². The molecule has 1 aliphatic rings. The van der Waals surface area contributed by atoms with E-state index in [-0.39, 0.29) is 30.3 Å². The second-order valence-electron chi connectivity index (χ2n) is 4.28. The van der Waals surface area contributed by atoms with Gasteiger partial charge >= 0.3 is 5.97 Å². The molecule has 1 saturated heterocycles. The summed E-state index contributed by atoms with van der Waals surface area (Å²) in [4.78, 5) is 11.3. The van der Waals surface area contributed by atoms with Crippen LogP contribution in [0.3, 0.4) is 0 Å². The van der Waals surface area contributed by atoms with Crippen LogP contribution in [0.25, 0.3) is 0 Å². The predicted octanol–water partition coefficient (Wildman–Crippen LogP) is 1.57. The standard InChI is InChI=1S/C13H16O3/c1-9-12(8-16-13(9)15)11(7-14)10-5-3-2-4-6-10/h2-6,9,11-12,14H,7-8H2,1H3/t9-,11+,12+/m0/s1. The fraction of sp³-hybridized carbons (Fsp3) is 0.462. The Kier molecular flexibility index (Phi) is 3.25. The van der Waals surface area contributed by atoms with Crippen molar-refractivity contribution >= 4 is 5.97 Å². The third-order valence-electron chi connectivity index (χ3n) is 3.37. The van der Waals surface area contributed by atoms with Gasteiger partial charge in [-0.3, -0.25) is 4.79 Å². The average molecular weight is 220 g/mol. The van der Waals surface area contributed by atoms with Crippen LogP contribution < -0.4 is 0 Å². The molecule has 0 aliphatic carbocycles. The highest BCUT2D eigenvalue weighted by Crippen LogP contribution is 2.34. The molecule has 1 heterocycles. The van der Waals surface area contributed by atoms with E-state index in [1.807, 2.05) is 37.3 Å². The quantitative estimate of drug-likeness (QED) is 0.786. The molecule has 1 aromatic rings. The van der Waals surface area contributed by atoms with Crippen LogP contribution in [0.2, 0.25) is 0 Å². The van der Waals surface area contributed by atoms with E-state index in [4.69, 9.17) is 4.74 Å². The van der Waals surface area contributed by atoms with Crippen LogP contribution in [0, 0.1) is 11.8 Å². The van der Waals surface area contributed by atoms with Crippen LogP contribution >= 0.6 is 0 Å². The molecule has 86 valence electrons. The van der Waals surface area contributed by atoms with Gasteiger partial charge in [-0.2, -0.15) is 0 Å². The van der Waals surface area contributed by atoms with Gasteiger partial charge in [0.25, 0.3) is 0 Å². The number of carbonyl (C=O) groups excluding carboxylic acids is 1. The molecular formula is C13H16O3. The monoisotopic (exact) mass is 220 g/mol. The highest BCUT2D eigenvalue weighted by atomic mass is 16.5. The summed E-state index contributed by atoms with van der Waals surface area (Å²) in [5.41, 5.74) is 1.07. The van der Waals surface area contributed by atoms with Crippen LogP contribution in [-0.4, -0.2) is 24.3 Å². The topological polar surface area (TPSA) is 46.5 Å². The molecule has 3 heteroatoms. The van der Waals surface area contributed by atoms with E-state index >= 15 is 0 Å². The van der Waals surface area contributed by atoms with E-state index in [0.29, 0.717) is 6.61 Å². The molecule has 0 aromatic heterocycles. The summed E-state index contributed by atoms with van der Waals surface area (Å²) in [6.07, 6.45) is 0. The first-order chi connectivity index (χ1) is 7.74. The van der Waals surface area contributed by atoms with Gasteiger partial charge in [0.15, 0.2) is 0 Å². The molecule has 1 N–H and O–H groups in total. The zero-order chi connectivity index (χ0) is 11.5. The Bertz CT molecular complexity index is 361. The minimum Gasteiger partial charge on any atom is -0.465 e. The molecule has 0 spiro atoms. The highest BCUT2D eigenvalue weighted by molar-refractivity contribution is 5.74. The molecule has 1 aliphatic heterocycles. The normalized spacial score (nSPS) is 26.5. The van der Waals surface area contributed by atoms with Crippen molar-refractivity contribution in [2.45, 2.75) is 12.8 Å². The molecule has 1 aromatic carbocycles. The molecule has 0 unspecified atom stereocenters. The minimum absolute atomic E-state index is 0.0114. The fourth-order valence-electron chi connectivity index (χ4n) is 2.28. The molecular weight excluding hydrogens is 204 g/mol. The van der Waals surface area contributed by atoms with Crippen molar-refractivity contribution < 1.29 is 14.6 Å². The largest absolute Gasteiger partial charge is 0.465 e. The zero-order valence-electron chi connectivity index (χ0n) is 9.30. The van der Waals surface area contributed by atoms with Gasteiger partial charge in [-0.05, 0) is 5.56 Å². The summed E-state index contributed by atoms with van der Waals surface area (Å²) in [5.74, 6) is -0.209. The summed E-state index contributed by atoms with van der Waals surface area (Å²) in [5, 5.41) is 9.48. The number of cyclic esters (lactones) is 1. The lowest BCUT2D eigenvalue weighted by Gasteiger charge is -2.22. The van der Waals surface area contributed by atoms with E-state index in [9.17, 15) is 9.90 Å². The van der Waals surface area contributed by atoms with Gasteiger partial charge in [0, 0.05) is 11.8 Å². The van der Waals surface area contributed by atoms with E-state index in [1.54, 1.807) is 0 Å². The molecule has 3 nitrogen and oxygen atoms in total. The summed E-state index contributed by atoms with van der Waals surface area (Å²) >= 11 is 0. The van der Waals surface area contributed by atoms with Crippen LogP contribution in [0.1, 0.15) is 18.4 Å². The van der Waals surface area contributed by atoms with Crippen LogP contribution in [0.4, 0.5) is 0 Å². The van der Waals surface area contributed by atoms with Crippen molar-refractivity contribution in [2.75, 3.05) is 13.2 Å². The smallest absolute Gasteiger partial charge is 0.309 e. The number of esters is 1. The molecule has 1 fully saturated rings. The number of rotatable bonds is 3. The highest BCUT2D eigenvalue weighted by Gasteiger charge is 2.38. The van der Waals surface area contributed by atoms with Gasteiger partial charge in [-0.15, -0.1) is 0 Å². The lowest BCUT2D eigenvalue weighted by atomic mass is 9.81. The molecule has 3 atom stereocenters. The Morgan fingerprint density at radius 1 is 1.44 bits per heavy atom. The Labute approximate surface area is 95.0 Å². The van der Waals surface area contributed by atoms with Gasteiger partial charge in [0.1, 0.15) is 0 Å². The number of benzene rings is 1. The Balaban J connectivity index is 2.21. The van der Waals surface area contributed by atoms with Gasteiger partial charge in [0.05, 0.1) is 19.1 Å². The summed E-state index contributed by atoms with van der Waals surface area (Å²) < 4.78 is 5.03. The first-order valence-corrected chi connectivity index (χ1v) is 5.56. The van der Waals surface area contributed by atoms with E-state index in [0.717, 1.165) is 5.56 Å². The molecule has 0 saturated carbocycles. The van der Waals surface area contributed by atoms with Crippen molar-refractivity contribution in [1.29, 1.82) is 0 Å². The molecule has 0 radical (unpaired) electrons. The van der Waals surface area contributed by atoms with Gasteiger partial charge in [-0.25, -0.2) is 0 Å². The number of hydrogen-bond acceptors (Lipinski definition) is 3. The number of carbonyl (C=O) groups is 1. The molecule has 0 amide bonds. The third kappa shape index (κ3) is 1.95. The lowest BCUT2D eigenvalue weighted by molar-refractivity contribution is -0.140. The van der Waals surface area contributed by atoms with Crippen molar-refractivity contribution in [1.82, 2.24) is 0 Å². The van der Waals surface area contributed by atoms with E-state index < -0.39 is 0 Å². The number of hydrogen-bond donors (Lipinski definition) is 1. The Morgan fingerprint density at radius 2 is 2.12 bits per heavy atom. The van der Waals surface area contributed by atoms with Crippen molar-refractivity contribution in [3.05, 3.63) is 35.9 Å². The summed E-state index contributed by atoms with van der Waals surface area (Å²) in [6, 6.07) is 9.80. The maximum Gasteiger partial charge on any atom is 0.309 e. The summed E-state index contributed by atoms with van der Waals surface area (Å²) in [6.45, 7) is 2.33.